The molecule has 0 aliphatic rings. The molecule has 0 saturated heterocycles. The highest BCUT2D eigenvalue weighted by Crippen LogP contribution is 2.28. The minimum Gasteiger partial charge on any atom is -0.480 e. The van der Waals surface area contributed by atoms with Crippen molar-refractivity contribution in [1.82, 2.24) is 15.0 Å². The Morgan fingerprint density at radius 2 is 2.00 bits per heavy atom. The highest BCUT2D eigenvalue weighted by atomic mass is 79.9. The SMILES string of the molecule is COc1nc(Sc2ccc(Br)cn2)ncc1Br. The minimum atomic E-state index is 0.514. The van der Waals surface area contributed by atoms with Gasteiger partial charge in [0.05, 0.1) is 11.6 Å². The van der Waals surface area contributed by atoms with Gasteiger partial charge in [-0.15, -0.1) is 0 Å². The van der Waals surface area contributed by atoms with Gasteiger partial charge in [0, 0.05) is 16.9 Å². The topological polar surface area (TPSA) is 47.9 Å². The van der Waals surface area contributed by atoms with Gasteiger partial charge in [-0.1, -0.05) is 0 Å². The summed E-state index contributed by atoms with van der Waals surface area (Å²) in [5, 5.41) is 1.43. The lowest BCUT2D eigenvalue weighted by Crippen LogP contribution is -1.93. The van der Waals surface area contributed by atoms with E-state index in [9.17, 15) is 0 Å². The average molecular weight is 377 g/mol. The highest BCUT2D eigenvalue weighted by Gasteiger charge is 2.07. The average Bonchev–Trinajstić information content (AvgIpc) is 2.34. The molecule has 2 aromatic rings. The van der Waals surface area contributed by atoms with Crippen LogP contribution >= 0.6 is 43.6 Å². The van der Waals surface area contributed by atoms with Crippen LogP contribution < -0.4 is 4.74 Å². The summed E-state index contributed by atoms with van der Waals surface area (Å²) >= 11 is 8.02. The smallest absolute Gasteiger partial charge is 0.231 e. The molecule has 0 bridgehead atoms. The lowest BCUT2D eigenvalue weighted by atomic mass is 10.5. The number of nitrogens with zero attached hydrogens (tertiary/aromatic N) is 3. The van der Waals surface area contributed by atoms with Gasteiger partial charge in [-0.2, -0.15) is 4.98 Å². The standard InChI is InChI=1S/C10H7Br2N3OS/c1-16-9-7(12)5-14-10(15-9)17-8-3-2-6(11)4-13-8/h2-5H,1H3. The molecule has 0 atom stereocenters. The second-order valence-corrected chi connectivity index (χ2v) is 5.68. The van der Waals surface area contributed by atoms with Crippen molar-refractivity contribution in [3.05, 3.63) is 33.5 Å². The molecule has 2 aromatic heterocycles. The first-order valence-corrected chi connectivity index (χ1v) is 6.95. The Hall–Kier alpha value is -0.660. The first-order chi connectivity index (χ1) is 8.19. The van der Waals surface area contributed by atoms with Gasteiger partial charge in [-0.25, -0.2) is 9.97 Å². The quantitative estimate of drug-likeness (QED) is 0.766. The van der Waals surface area contributed by atoms with E-state index in [4.69, 9.17) is 4.74 Å². The van der Waals surface area contributed by atoms with Crippen molar-refractivity contribution in [2.75, 3.05) is 7.11 Å². The Kier molecular flexibility index (Phi) is 4.36. The van der Waals surface area contributed by atoms with E-state index >= 15 is 0 Å². The summed E-state index contributed by atoms with van der Waals surface area (Å²) in [6, 6.07) is 3.82. The number of rotatable bonds is 3. The number of hydrogen-bond donors (Lipinski definition) is 0. The number of pyridine rings is 1. The van der Waals surface area contributed by atoms with E-state index in [0.717, 1.165) is 14.0 Å². The third-order valence-corrected chi connectivity index (χ3v) is 3.62. The van der Waals surface area contributed by atoms with Crippen molar-refractivity contribution in [2.45, 2.75) is 10.2 Å². The summed E-state index contributed by atoms with van der Waals surface area (Å²) in [5.74, 6) is 0.514. The maximum atomic E-state index is 5.10. The van der Waals surface area contributed by atoms with Crippen LogP contribution in [0.2, 0.25) is 0 Å². The molecule has 0 saturated carbocycles. The van der Waals surface area contributed by atoms with Crippen LogP contribution in [-0.4, -0.2) is 22.1 Å². The highest BCUT2D eigenvalue weighted by molar-refractivity contribution is 9.10. The minimum absolute atomic E-state index is 0.514. The van der Waals surface area contributed by atoms with Crippen LogP contribution in [0.4, 0.5) is 0 Å². The molecule has 0 unspecified atom stereocenters. The zero-order valence-corrected chi connectivity index (χ0v) is 12.7. The Morgan fingerprint density at radius 3 is 2.65 bits per heavy atom. The van der Waals surface area contributed by atoms with Gasteiger partial charge >= 0.3 is 0 Å². The van der Waals surface area contributed by atoms with Crippen molar-refractivity contribution in [3.8, 4) is 5.88 Å². The van der Waals surface area contributed by atoms with E-state index in [1.807, 2.05) is 12.1 Å². The largest absolute Gasteiger partial charge is 0.480 e. The van der Waals surface area contributed by atoms with E-state index in [2.05, 4.69) is 46.8 Å². The molecule has 88 valence electrons. The zero-order chi connectivity index (χ0) is 12.3. The van der Waals surface area contributed by atoms with Gasteiger partial charge in [0.2, 0.25) is 5.88 Å². The van der Waals surface area contributed by atoms with E-state index in [1.165, 1.54) is 11.8 Å². The molecular weight excluding hydrogens is 370 g/mol. The summed E-state index contributed by atoms with van der Waals surface area (Å²) in [5.41, 5.74) is 0. The lowest BCUT2D eigenvalue weighted by molar-refractivity contribution is 0.389. The van der Waals surface area contributed by atoms with Gasteiger partial charge in [-0.05, 0) is 55.8 Å². The van der Waals surface area contributed by atoms with E-state index in [-0.39, 0.29) is 0 Å². The molecule has 0 aliphatic carbocycles. The van der Waals surface area contributed by atoms with Crippen LogP contribution in [0.25, 0.3) is 0 Å². The molecule has 0 aromatic carbocycles. The van der Waals surface area contributed by atoms with Crippen LogP contribution in [-0.2, 0) is 0 Å². The van der Waals surface area contributed by atoms with Gasteiger partial charge in [0.15, 0.2) is 5.16 Å². The lowest BCUT2D eigenvalue weighted by Gasteiger charge is -2.03. The fourth-order valence-electron chi connectivity index (χ4n) is 1.04. The molecule has 0 spiro atoms. The predicted octanol–water partition coefficient (Wildman–Crippen LogP) is 3.56. The second-order valence-electron chi connectivity index (χ2n) is 2.93. The summed E-state index contributed by atoms with van der Waals surface area (Å²) in [4.78, 5) is 12.7. The fourth-order valence-corrected chi connectivity index (χ4v) is 2.29. The molecule has 4 nitrogen and oxygen atoms in total. The summed E-state index contributed by atoms with van der Waals surface area (Å²) in [6.45, 7) is 0. The molecule has 0 radical (unpaired) electrons. The number of aromatic nitrogens is 3. The van der Waals surface area contributed by atoms with E-state index in [0.29, 0.717) is 11.0 Å². The summed E-state index contributed by atoms with van der Waals surface area (Å²) < 4.78 is 6.77. The Bertz CT molecular complexity index is 521. The summed E-state index contributed by atoms with van der Waals surface area (Å²) in [6.07, 6.45) is 3.39. The van der Waals surface area contributed by atoms with Crippen LogP contribution in [0.3, 0.4) is 0 Å². The zero-order valence-electron chi connectivity index (χ0n) is 8.72. The van der Waals surface area contributed by atoms with Crippen LogP contribution in [0.5, 0.6) is 5.88 Å². The van der Waals surface area contributed by atoms with Crippen molar-refractivity contribution in [1.29, 1.82) is 0 Å². The number of hydrogen-bond acceptors (Lipinski definition) is 5. The first kappa shape index (κ1) is 12.8. The monoisotopic (exact) mass is 375 g/mol. The molecule has 0 aliphatic heterocycles. The molecule has 17 heavy (non-hydrogen) atoms. The van der Waals surface area contributed by atoms with Crippen LogP contribution in [0, 0.1) is 0 Å². The van der Waals surface area contributed by atoms with E-state index in [1.54, 1.807) is 19.5 Å². The third kappa shape index (κ3) is 3.40. The maximum absolute atomic E-state index is 5.10. The maximum Gasteiger partial charge on any atom is 0.231 e. The normalized spacial score (nSPS) is 10.3. The molecule has 2 heterocycles. The Morgan fingerprint density at radius 1 is 1.18 bits per heavy atom. The molecule has 7 heteroatoms. The molecule has 0 fully saturated rings. The van der Waals surface area contributed by atoms with Crippen LogP contribution in [0.15, 0.2) is 43.7 Å². The molecule has 2 rings (SSSR count). The Labute approximate surface area is 119 Å². The van der Waals surface area contributed by atoms with Gasteiger partial charge in [0.25, 0.3) is 0 Å². The number of ether oxygens (including phenoxy) is 1. The van der Waals surface area contributed by atoms with Gasteiger partial charge < -0.3 is 4.74 Å². The van der Waals surface area contributed by atoms with Crippen molar-refractivity contribution in [3.63, 3.8) is 0 Å². The second kappa shape index (κ2) is 5.79. The number of halogens is 2. The molecule has 0 amide bonds. The molecular formula is C10H7Br2N3OS. The van der Waals surface area contributed by atoms with Crippen molar-refractivity contribution < 1.29 is 4.74 Å². The third-order valence-electron chi connectivity index (χ3n) is 1.78. The first-order valence-electron chi connectivity index (χ1n) is 4.55. The van der Waals surface area contributed by atoms with Crippen LogP contribution in [0.1, 0.15) is 0 Å². The van der Waals surface area contributed by atoms with Crippen molar-refractivity contribution >= 4 is 43.6 Å². The number of methoxy groups -OCH3 is 1. The van der Waals surface area contributed by atoms with Gasteiger partial charge in [-0.3, -0.25) is 0 Å². The summed E-state index contributed by atoms with van der Waals surface area (Å²) in [7, 11) is 1.57. The predicted molar refractivity (Wildman–Crippen MR) is 72.3 cm³/mol. The Balaban J connectivity index is 2.21. The van der Waals surface area contributed by atoms with Crippen molar-refractivity contribution in [2.24, 2.45) is 0 Å². The van der Waals surface area contributed by atoms with Gasteiger partial charge in [0.1, 0.15) is 5.03 Å². The van der Waals surface area contributed by atoms with E-state index < -0.39 is 0 Å². The molecule has 0 N–H and O–H groups in total. The fraction of sp³-hybridized carbons (Fsp3) is 0.100.